The predicted octanol–water partition coefficient (Wildman–Crippen LogP) is 0.663. The maximum absolute atomic E-state index is 11.4. The highest BCUT2D eigenvalue weighted by molar-refractivity contribution is 5.84. The normalized spacial score (nSPS) is 11.4. The Morgan fingerprint density at radius 2 is 1.94 bits per heavy atom. The van der Waals surface area contributed by atoms with E-state index < -0.39 is 17.9 Å². The lowest BCUT2D eigenvalue weighted by Gasteiger charge is -2.12. The standard InChI is InChI=1S/C12H15NO5/c1-8(12(15)16)13-11(14)7-18-10-6-4-3-5-9(10)17-2/h3-6,8H,7H2,1-2H3,(H,13,14)(H,15,16)/t8-/m0/s1. The molecule has 0 heterocycles. The summed E-state index contributed by atoms with van der Waals surface area (Å²) < 4.78 is 10.3. The van der Waals surface area contributed by atoms with E-state index in [0.717, 1.165) is 0 Å². The van der Waals surface area contributed by atoms with E-state index >= 15 is 0 Å². The summed E-state index contributed by atoms with van der Waals surface area (Å²) in [5.74, 6) is -0.661. The van der Waals surface area contributed by atoms with Gasteiger partial charge in [0.15, 0.2) is 18.1 Å². The lowest BCUT2D eigenvalue weighted by atomic mass is 10.3. The van der Waals surface area contributed by atoms with Crippen LogP contribution in [0.2, 0.25) is 0 Å². The zero-order valence-corrected chi connectivity index (χ0v) is 10.2. The van der Waals surface area contributed by atoms with Gasteiger partial charge in [-0.3, -0.25) is 9.59 Å². The monoisotopic (exact) mass is 253 g/mol. The zero-order valence-electron chi connectivity index (χ0n) is 10.2. The number of benzene rings is 1. The van der Waals surface area contributed by atoms with Gasteiger partial charge in [-0.15, -0.1) is 0 Å². The maximum atomic E-state index is 11.4. The zero-order chi connectivity index (χ0) is 13.5. The van der Waals surface area contributed by atoms with Crippen LogP contribution in [0.3, 0.4) is 0 Å². The highest BCUT2D eigenvalue weighted by Crippen LogP contribution is 2.25. The van der Waals surface area contributed by atoms with Gasteiger partial charge in [0.2, 0.25) is 0 Å². The van der Waals surface area contributed by atoms with Gasteiger partial charge in [0, 0.05) is 0 Å². The van der Waals surface area contributed by atoms with Crippen LogP contribution < -0.4 is 14.8 Å². The molecule has 0 aliphatic rings. The first-order valence-electron chi connectivity index (χ1n) is 5.32. The minimum absolute atomic E-state index is 0.266. The summed E-state index contributed by atoms with van der Waals surface area (Å²) >= 11 is 0. The van der Waals surface area contributed by atoms with Gasteiger partial charge < -0.3 is 19.9 Å². The van der Waals surface area contributed by atoms with Crippen molar-refractivity contribution in [2.45, 2.75) is 13.0 Å². The van der Waals surface area contributed by atoms with Crippen LogP contribution in [0, 0.1) is 0 Å². The lowest BCUT2D eigenvalue weighted by molar-refractivity contribution is -0.141. The number of para-hydroxylation sites is 2. The number of rotatable bonds is 6. The Kier molecular flexibility index (Phi) is 4.98. The van der Waals surface area contributed by atoms with Gasteiger partial charge >= 0.3 is 5.97 Å². The maximum Gasteiger partial charge on any atom is 0.325 e. The summed E-state index contributed by atoms with van der Waals surface area (Å²) in [6.45, 7) is 1.11. The molecule has 0 aliphatic heterocycles. The molecule has 6 heteroatoms. The van der Waals surface area contributed by atoms with Gasteiger partial charge in [0.05, 0.1) is 7.11 Å². The molecule has 0 aromatic heterocycles. The van der Waals surface area contributed by atoms with Crippen LogP contribution in [0.5, 0.6) is 11.5 Å². The number of hydrogen-bond acceptors (Lipinski definition) is 4. The van der Waals surface area contributed by atoms with Gasteiger partial charge in [-0.2, -0.15) is 0 Å². The molecule has 1 aromatic carbocycles. The van der Waals surface area contributed by atoms with Gasteiger partial charge in [-0.25, -0.2) is 0 Å². The van der Waals surface area contributed by atoms with Crippen LogP contribution >= 0.6 is 0 Å². The molecule has 1 aromatic rings. The summed E-state index contributed by atoms with van der Waals surface area (Å²) in [4.78, 5) is 21.9. The third-order valence-corrected chi connectivity index (χ3v) is 2.18. The van der Waals surface area contributed by atoms with Crippen molar-refractivity contribution in [1.82, 2.24) is 5.32 Å². The molecule has 18 heavy (non-hydrogen) atoms. The van der Waals surface area contributed by atoms with E-state index in [9.17, 15) is 9.59 Å². The van der Waals surface area contributed by atoms with E-state index in [1.54, 1.807) is 24.3 Å². The molecule has 2 N–H and O–H groups in total. The molecule has 0 unspecified atom stereocenters. The minimum atomic E-state index is -1.10. The van der Waals surface area contributed by atoms with E-state index in [2.05, 4.69) is 5.32 Å². The number of carboxylic acid groups (broad SMARTS) is 1. The molecule has 0 saturated carbocycles. The number of carbonyl (C=O) groups excluding carboxylic acids is 1. The second kappa shape index (κ2) is 6.48. The van der Waals surface area contributed by atoms with Crippen molar-refractivity contribution in [2.24, 2.45) is 0 Å². The van der Waals surface area contributed by atoms with Crippen molar-refractivity contribution >= 4 is 11.9 Å². The topological polar surface area (TPSA) is 84.9 Å². The van der Waals surface area contributed by atoms with Crippen LogP contribution in [0.25, 0.3) is 0 Å². The van der Waals surface area contributed by atoms with E-state index in [4.69, 9.17) is 14.6 Å². The SMILES string of the molecule is COc1ccccc1OCC(=O)N[C@@H](C)C(=O)O. The molecule has 1 amide bonds. The smallest absolute Gasteiger partial charge is 0.325 e. The highest BCUT2D eigenvalue weighted by atomic mass is 16.5. The van der Waals surface area contributed by atoms with E-state index in [1.165, 1.54) is 14.0 Å². The first kappa shape index (κ1) is 13.8. The first-order chi connectivity index (χ1) is 8.54. The predicted molar refractivity (Wildman–Crippen MR) is 63.7 cm³/mol. The molecule has 0 spiro atoms. The largest absolute Gasteiger partial charge is 0.493 e. The van der Waals surface area contributed by atoms with Crippen molar-refractivity contribution in [2.75, 3.05) is 13.7 Å². The average molecular weight is 253 g/mol. The van der Waals surface area contributed by atoms with Crippen molar-refractivity contribution < 1.29 is 24.2 Å². The third-order valence-electron chi connectivity index (χ3n) is 2.18. The highest BCUT2D eigenvalue weighted by Gasteiger charge is 2.14. The van der Waals surface area contributed by atoms with E-state index in [1.807, 2.05) is 0 Å². The lowest BCUT2D eigenvalue weighted by Crippen LogP contribution is -2.40. The van der Waals surface area contributed by atoms with E-state index in [0.29, 0.717) is 11.5 Å². The molecule has 0 saturated heterocycles. The molecule has 0 aliphatic carbocycles. The van der Waals surface area contributed by atoms with Crippen LogP contribution in [-0.4, -0.2) is 36.7 Å². The van der Waals surface area contributed by atoms with Gasteiger partial charge in [-0.05, 0) is 19.1 Å². The summed E-state index contributed by atoms with van der Waals surface area (Å²) in [5, 5.41) is 10.9. The first-order valence-corrected chi connectivity index (χ1v) is 5.32. The Morgan fingerprint density at radius 1 is 1.33 bits per heavy atom. The number of nitrogens with one attached hydrogen (secondary N) is 1. The Hall–Kier alpha value is -2.24. The van der Waals surface area contributed by atoms with Crippen molar-refractivity contribution in [1.29, 1.82) is 0 Å². The Morgan fingerprint density at radius 3 is 2.50 bits per heavy atom. The van der Waals surface area contributed by atoms with Crippen molar-refractivity contribution in [3.05, 3.63) is 24.3 Å². The molecule has 0 radical (unpaired) electrons. The number of hydrogen-bond donors (Lipinski definition) is 2. The number of methoxy groups -OCH3 is 1. The Labute approximate surface area is 105 Å². The number of amides is 1. The molecular formula is C12H15NO5. The summed E-state index contributed by atoms with van der Waals surface area (Å²) in [6, 6.07) is 5.94. The Balaban J connectivity index is 2.50. The summed E-state index contributed by atoms with van der Waals surface area (Å²) in [7, 11) is 1.49. The van der Waals surface area contributed by atoms with Crippen molar-refractivity contribution in [3.8, 4) is 11.5 Å². The van der Waals surface area contributed by atoms with Crippen LogP contribution in [0.1, 0.15) is 6.92 Å². The molecule has 1 rings (SSSR count). The summed E-state index contributed by atoms with van der Waals surface area (Å²) in [6.07, 6.45) is 0. The second-order valence-electron chi connectivity index (χ2n) is 3.57. The van der Waals surface area contributed by atoms with Gasteiger partial charge in [0.1, 0.15) is 6.04 Å². The number of carbonyl (C=O) groups is 2. The number of ether oxygens (including phenoxy) is 2. The third kappa shape index (κ3) is 3.97. The second-order valence-corrected chi connectivity index (χ2v) is 3.57. The minimum Gasteiger partial charge on any atom is -0.493 e. The molecule has 98 valence electrons. The van der Waals surface area contributed by atoms with Gasteiger partial charge in [0.25, 0.3) is 5.91 Å². The van der Waals surface area contributed by atoms with Crippen LogP contribution in [0.4, 0.5) is 0 Å². The molecule has 0 bridgehead atoms. The fraction of sp³-hybridized carbons (Fsp3) is 0.333. The molecule has 6 nitrogen and oxygen atoms in total. The number of carboxylic acids is 1. The molecule has 0 fully saturated rings. The van der Waals surface area contributed by atoms with Crippen LogP contribution in [0.15, 0.2) is 24.3 Å². The molecular weight excluding hydrogens is 238 g/mol. The average Bonchev–Trinajstić information content (AvgIpc) is 2.36. The fourth-order valence-corrected chi connectivity index (χ4v) is 1.23. The fourth-order valence-electron chi connectivity index (χ4n) is 1.23. The van der Waals surface area contributed by atoms with E-state index in [-0.39, 0.29) is 6.61 Å². The number of aliphatic carboxylic acids is 1. The quantitative estimate of drug-likeness (QED) is 0.778. The summed E-state index contributed by atoms with van der Waals surface area (Å²) in [5.41, 5.74) is 0. The van der Waals surface area contributed by atoms with Gasteiger partial charge in [-0.1, -0.05) is 12.1 Å². The molecule has 1 atom stereocenters. The van der Waals surface area contributed by atoms with Crippen LogP contribution in [-0.2, 0) is 9.59 Å². The Bertz CT molecular complexity index is 432. The van der Waals surface area contributed by atoms with Crippen molar-refractivity contribution in [3.63, 3.8) is 0 Å².